The highest BCUT2D eigenvalue weighted by Gasteiger charge is 2.22. The van der Waals surface area contributed by atoms with Crippen LogP contribution < -0.4 is 14.2 Å². The Hall–Kier alpha value is -2.05. The lowest BCUT2D eigenvalue weighted by Crippen LogP contribution is -2.37. The van der Waals surface area contributed by atoms with Gasteiger partial charge in [-0.25, -0.2) is 13.1 Å². The van der Waals surface area contributed by atoms with E-state index in [1.807, 2.05) is 38.1 Å². The summed E-state index contributed by atoms with van der Waals surface area (Å²) in [5.41, 5.74) is 2.51. The number of nitrogens with one attached hydrogen (secondary N) is 1. The number of benzene rings is 2. The molecule has 5 nitrogen and oxygen atoms in total. The first-order valence-corrected chi connectivity index (χ1v) is 9.59. The third-order valence-corrected chi connectivity index (χ3v) is 5.87. The van der Waals surface area contributed by atoms with Crippen LogP contribution >= 0.6 is 0 Å². The third-order valence-electron chi connectivity index (χ3n) is 4.14. The third kappa shape index (κ3) is 4.52. The number of rotatable bonds is 7. The molecule has 136 valence electrons. The smallest absolute Gasteiger partial charge is 0.241 e. The molecule has 2 rings (SSSR count). The number of hydrogen-bond acceptors (Lipinski definition) is 4. The highest BCUT2D eigenvalue weighted by atomic mass is 32.2. The molecule has 0 spiro atoms. The minimum atomic E-state index is -3.64. The van der Waals surface area contributed by atoms with Crippen molar-refractivity contribution in [3.05, 3.63) is 53.1 Å². The molecular weight excluding hydrogens is 338 g/mol. The van der Waals surface area contributed by atoms with Crippen LogP contribution in [0.25, 0.3) is 0 Å². The number of aryl methyl sites for hydroxylation is 1. The van der Waals surface area contributed by atoms with Crippen LogP contribution in [0.4, 0.5) is 0 Å². The summed E-state index contributed by atoms with van der Waals surface area (Å²) in [6, 6.07) is 10.5. The van der Waals surface area contributed by atoms with Crippen molar-refractivity contribution in [2.24, 2.45) is 0 Å². The Morgan fingerprint density at radius 1 is 1.00 bits per heavy atom. The molecule has 0 radical (unpaired) electrons. The second-order valence-corrected chi connectivity index (χ2v) is 7.80. The van der Waals surface area contributed by atoms with E-state index in [1.165, 1.54) is 0 Å². The second-order valence-electron chi connectivity index (χ2n) is 6.11. The van der Waals surface area contributed by atoms with Gasteiger partial charge in [-0.15, -0.1) is 0 Å². The van der Waals surface area contributed by atoms with E-state index >= 15 is 0 Å². The summed E-state index contributed by atoms with van der Waals surface area (Å²) in [7, 11) is -2.07. The molecule has 25 heavy (non-hydrogen) atoms. The van der Waals surface area contributed by atoms with Crippen molar-refractivity contribution >= 4 is 10.0 Å². The fraction of sp³-hybridized carbons (Fsp3) is 0.368. The molecule has 0 aliphatic carbocycles. The van der Waals surface area contributed by atoms with Crippen LogP contribution in [0.2, 0.25) is 0 Å². The van der Waals surface area contributed by atoms with Gasteiger partial charge in [-0.1, -0.05) is 18.2 Å². The molecule has 0 saturated heterocycles. The summed E-state index contributed by atoms with van der Waals surface area (Å²) in [6.45, 7) is 7.60. The average molecular weight is 363 g/mol. The van der Waals surface area contributed by atoms with Gasteiger partial charge >= 0.3 is 0 Å². The first-order chi connectivity index (χ1) is 11.8. The maximum Gasteiger partial charge on any atom is 0.241 e. The van der Waals surface area contributed by atoms with E-state index in [1.54, 1.807) is 33.1 Å². The minimum Gasteiger partial charge on any atom is -0.496 e. The maximum absolute atomic E-state index is 12.7. The molecule has 1 N–H and O–H groups in total. The molecule has 0 aromatic heterocycles. The molecule has 0 unspecified atom stereocenters. The summed E-state index contributed by atoms with van der Waals surface area (Å²) in [4.78, 5) is 0.258. The fourth-order valence-electron chi connectivity index (χ4n) is 2.58. The van der Waals surface area contributed by atoms with Gasteiger partial charge in [0, 0.05) is 0 Å². The molecule has 0 amide bonds. The summed E-state index contributed by atoms with van der Waals surface area (Å²) in [6.07, 6.45) is 0. The maximum atomic E-state index is 12.7. The molecule has 0 bridgehead atoms. The largest absolute Gasteiger partial charge is 0.496 e. The predicted octanol–water partition coefficient (Wildman–Crippen LogP) is 3.37. The molecule has 0 aliphatic rings. The van der Waals surface area contributed by atoms with Crippen LogP contribution in [0.1, 0.15) is 23.6 Å². The lowest BCUT2D eigenvalue weighted by atomic mass is 10.1. The Morgan fingerprint density at radius 3 is 2.32 bits per heavy atom. The quantitative estimate of drug-likeness (QED) is 0.819. The van der Waals surface area contributed by atoms with Gasteiger partial charge in [-0.05, 0) is 62.6 Å². The summed E-state index contributed by atoms with van der Waals surface area (Å²) < 4.78 is 39.0. The van der Waals surface area contributed by atoms with Gasteiger partial charge in [0.1, 0.15) is 18.1 Å². The van der Waals surface area contributed by atoms with Crippen LogP contribution in [0.15, 0.2) is 41.3 Å². The predicted molar refractivity (Wildman–Crippen MR) is 98.9 cm³/mol. The molecule has 0 heterocycles. The average Bonchev–Trinajstić information content (AvgIpc) is 2.56. The molecule has 2 aromatic rings. The van der Waals surface area contributed by atoms with Gasteiger partial charge in [0.05, 0.1) is 18.0 Å². The van der Waals surface area contributed by atoms with E-state index < -0.39 is 10.0 Å². The van der Waals surface area contributed by atoms with Gasteiger partial charge < -0.3 is 9.47 Å². The van der Waals surface area contributed by atoms with Crippen molar-refractivity contribution in [2.75, 3.05) is 13.7 Å². The number of sulfonamides is 1. The molecule has 0 saturated carbocycles. The molecule has 2 aromatic carbocycles. The van der Waals surface area contributed by atoms with Crippen LogP contribution in [0.5, 0.6) is 11.5 Å². The lowest BCUT2D eigenvalue weighted by molar-refractivity contribution is 0.285. The van der Waals surface area contributed by atoms with Crippen LogP contribution in [-0.4, -0.2) is 28.2 Å². The molecular formula is C19H25NO4S. The van der Waals surface area contributed by atoms with Crippen molar-refractivity contribution < 1.29 is 17.9 Å². The van der Waals surface area contributed by atoms with E-state index in [-0.39, 0.29) is 17.5 Å². The van der Waals surface area contributed by atoms with Crippen molar-refractivity contribution in [3.8, 4) is 11.5 Å². The zero-order chi connectivity index (χ0) is 18.6. The van der Waals surface area contributed by atoms with Crippen LogP contribution in [0.3, 0.4) is 0 Å². The van der Waals surface area contributed by atoms with Crippen molar-refractivity contribution in [1.29, 1.82) is 0 Å². The minimum absolute atomic E-state index is 0.248. The highest BCUT2D eigenvalue weighted by Crippen LogP contribution is 2.27. The zero-order valence-electron chi connectivity index (χ0n) is 15.3. The van der Waals surface area contributed by atoms with Gasteiger partial charge in [-0.3, -0.25) is 0 Å². The van der Waals surface area contributed by atoms with Gasteiger partial charge in [-0.2, -0.15) is 0 Å². The van der Waals surface area contributed by atoms with Gasteiger partial charge in [0.25, 0.3) is 0 Å². The normalized spacial score (nSPS) is 12.7. The topological polar surface area (TPSA) is 64.6 Å². The van der Waals surface area contributed by atoms with Crippen molar-refractivity contribution in [2.45, 2.75) is 38.6 Å². The first kappa shape index (κ1) is 19.3. The van der Waals surface area contributed by atoms with E-state index in [0.717, 1.165) is 16.9 Å². The summed E-state index contributed by atoms with van der Waals surface area (Å²) >= 11 is 0. The Balaban J connectivity index is 2.10. The van der Waals surface area contributed by atoms with Crippen LogP contribution in [-0.2, 0) is 10.0 Å². The number of methoxy groups -OCH3 is 1. The van der Waals surface area contributed by atoms with Gasteiger partial charge in [0.2, 0.25) is 10.0 Å². The second kappa shape index (κ2) is 7.89. The van der Waals surface area contributed by atoms with E-state index in [2.05, 4.69) is 4.72 Å². The van der Waals surface area contributed by atoms with E-state index in [0.29, 0.717) is 11.3 Å². The number of ether oxygens (including phenoxy) is 2. The summed E-state index contributed by atoms with van der Waals surface area (Å²) in [5.74, 6) is 1.43. The summed E-state index contributed by atoms with van der Waals surface area (Å²) in [5, 5.41) is 0. The SMILES string of the molecule is COc1ccc(S(=O)(=O)N[C@@H](C)COc2ccccc2C)c(C)c1C. The number of para-hydroxylation sites is 1. The fourth-order valence-corrected chi connectivity index (χ4v) is 4.11. The Morgan fingerprint density at radius 2 is 1.68 bits per heavy atom. The Kier molecular flexibility index (Phi) is 6.08. The molecule has 0 aliphatic heterocycles. The Bertz CT molecular complexity index is 846. The number of hydrogen-bond donors (Lipinski definition) is 1. The first-order valence-electron chi connectivity index (χ1n) is 8.11. The highest BCUT2D eigenvalue weighted by molar-refractivity contribution is 7.89. The molecule has 1 atom stereocenters. The lowest BCUT2D eigenvalue weighted by Gasteiger charge is -2.18. The standard InChI is InChI=1S/C19H25NO4S/c1-13-8-6-7-9-17(13)24-12-14(2)20-25(21,22)19-11-10-18(23-5)15(3)16(19)4/h6-11,14,20H,12H2,1-5H3/t14-/m0/s1. The van der Waals surface area contributed by atoms with Crippen molar-refractivity contribution in [3.63, 3.8) is 0 Å². The Labute approximate surface area is 150 Å². The van der Waals surface area contributed by atoms with Gasteiger partial charge in [0.15, 0.2) is 0 Å². The van der Waals surface area contributed by atoms with E-state index in [9.17, 15) is 8.42 Å². The molecule has 0 fully saturated rings. The van der Waals surface area contributed by atoms with Crippen molar-refractivity contribution in [1.82, 2.24) is 4.72 Å². The molecule has 6 heteroatoms. The van der Waals surface area contributed by atoms with Crippen LogP contribution in [0, 0.1) is 20.8 Å². The van der Waals surface area contributed by atoms with E-state index in [4.69, 9.17) is 9.47 Å². The monoisotopic (exact) mass is 363 g/mol. The zero-order valence-corrected chi connectivity index (χ0v) is 16.1.